The van der Waals surface area contributed by atoms with Crippen LogP contribution in [-0.2, 0) is 0 Å². The molecule has 0 aliphatic rings. The molecule has 1 atom stereocenters. The van der Waals surface area contributed by atoms with Crippen LogP contribution in [0.15, 0.2) is 89.1 Å². The molecule has 136 valence electrons. The Bertz CT molecular complexity index is 935. The molecule has 1 unspecified atom stereocenters. The highest BCUT2D eigenvalue weighted by atomic mass is 16.3. The fourth-order valence-corrected chi connectivity index (χ4v) is 2.63. The van der Waals surface area contributed by atoms with Gasteiger partial charge in [0, 0.05) is 25.3 Å². The minimum atomic E-state index is -1.23. The number of rotatable bonds is 6. The molecule has 27 heavy (non-hydrogen) atoms. The highest BCUT2D eigenvalue weighted by Crippen LogP contribution is 2.27. The van der Waals surface area contributed by atoms with Crippen LogP contribution in [0.1, 0.15) is 22.0 Å². The van der Waals surface area contributed by atoms with E-state index < -0.39 is 11.9 Å². The SMILES string of the molecule is CN(C)c1ccc(N=Nc2ccccc2C(=O)C(O)c2ccccc2)cc1. The minimum absolute atomic E-state index is 0.336. The molecule has 5 nitrogen and oxygen atoms in total. The number of Topliss-reactive ketones (excluding diaryl/α,β-unsaturated/α-hetero) is 1. The van der Waals surface area contributed by atoms with Crippen molar-refractivity contribution in [3.63, 3.8) is 0 Å². The van der Waals surface area contributed by atoms with Crippen LogP contribution >= 0.6 is 0 Å². The smallest absolute Gasteiger partial charge is 0.198 e. The van der Waals surface area contributed by atoms with Gasteiger partial charge in [-0.15, -0.1) is 5.11 Å². The number of carbonyl (C=O) groups excluding carboxylic acids is 1. The van der Waals surface area contributed by atoms with E-state index in [0.717, 1.165) is 5.69 Å². The molecule has 3 aromatic carbocycles. The summed E-state index contributed by atoms with van der Waals surface area (Å²) in [5, 5.41) is 18.9. The standard InChI is InChI=1S/C22H21N3O2/c1-25(2)18-14-12-17(13-15-18)23-24-20-11-7-6-10-19(20)22(27)21(26)16-8-4-3-5-9-16/h3-15,21,26H,1-2H3. The molecule has 0 aliphatic heterocycles. The normalized spacial score (nSPS) is 12.1. The average molecular weight is 359 g/mol. The van der Waals surface area contributed by atoms with Gasteiger partial charge in [-0.1, -0.05) is 42.5 Å². The van der Waals surface area contributed by atoms with Gasteiger partial charge >= 0.3 is 0 Å². The Kier molecular flexibility index (Phi) is 5.74. The van der Waals surface area contributed by atoms with E-state index in [1.54, 1.807) is 48.5 Å². The summed E-state index contributed by atoms with van der Waals surface area (Å²) in [5.74, 6) is -0.404. The van der Waals surface area contributed by atoms with Gasteiger partial charge in [-0.3, -0.25) is 4.79 Å². The molecular formula is C22H21N3O2. The number of anilines is 1. The molecule has 0 heterocycles. The average Bonchev–Trinajstić information content (AvgIpc) is 2.72. The zero-order chi connectivity index (χ0) is 19.2. The number of aliphatic hydroxyl groups is 1. The Morgan fingerprint density at radius 1 is 0.852 bits per heavy atom. The molecule has 0 amide bonds. The highest BCUT2D eigenvalue weighted by Gasteiger charge is 2.21. The van der Waals surface area contributed by atoms with E-state index in [2.05, 4.69) is 10.2 Å². The molecule has 0 aliphatic carbocycles. The van der Waals surface area contributed by atoms with Crippen molar-refractivity contribution < 1.29 is 9.90 Å². The van der Waals surface area contributed by atoms with Crippen LogP contribution in [-0.4, -0.2) is 25.0 Å². The number of ketones is 1. The molecule has 0 fully saturated rings. The van der Waals surface area contributed by atoms with Gasteiger partial charge in [-0.05, 0) is 42.0 Å². The summed E-state index contributed by atoms with van der Waals surface area (Å²) in [4.78, 5) is 14.7. The Balaban J connectivity index is 1.84. The molecule has 0 saturated heterocycles. The first-order chi connectivity index (χ1) is 13.1. The van der Waals surface area contributed by atoms with Gasteiger partial charge in [-0.25, -0.2) is 0 Å². The van der Waals surface area contributed by atoms with Gasteiger partial charge in [0.05, 0.1) is 11.4 Å². The van der Waals surface area contributed by atoms with Crippen molar-refractivity contribution in [1.29, 1.82) is 0 Å². The van der Waals surface area contributed by atoms with E-state index in [9.17, 15) is 9.90 Å². The lowest BCUT2D eigenvalue weighted by molar-refractivity contribution is 0.0748. The van der Waals surface area contributed by atoms with E-state index >= 15 is 0 Å². The molecule has 3 rings (SSSR count). The number of hydrogen-bond acceptors (Lipinski definition) is 5. The van der Waals surface area contributed by atoms with Crippen molar-refractivity contribution in [2.75, 3.05) is 19.0 Å². The fraction of sp³-hybridized carbons (Fsp3) is 0.136. The quantitative estimate of drug-likeness (QED) is 0.493. The van der Waals surface area contributed by atoms with Gasteiger partial charge in [0.1, 0.15) is 6.10 Å². The van der Waals surface area contributed by atoms with Gasteiger partial charge < -0.3 is 10.0 Å². The van der Waals surface area contributed by atoms with Crippen molar-refractivity contribution in [2.24, 2.45) is 10.2 Å². The fourth-order valence-electron chi connectivity index (χ4n) is 2.63. The van der Waals surface area contributed by atoms with Gasteiger partial charge in [0.25, 0.3) is 0 Å². The van der Waals surface area contributed by atoms with Crippen LogP contribution in [0.2, 0.25) is 0 Å². The lowest BCUT2D eigenvalue weighted by atomic mass is 9.99. The van der Waals surface area contributed by atoms with Crippen LogP contribution in [0.3, 0.4) is 0 Å². The predicted molar refractivity (Wildman–Crippen MR) is 107 cm³/mol. The lowest BCUT2D eigenvalue weighted by Crippen LogP contribution is -2.12. The summed E-state index contributed by atoms with van der Waals surface area (Å²) >= 11 is 0. The second-order valence-corrected chi connectivity index (χ2v) is 6.31. The molecule has 5 heteroatoms. The second-order valence-electron chi connectivity index (χ2n) is 6.31. The first kappa shape index (κ1) is 18.5. The summed E-state index contributed by atoms with van der Waals surface area (Å²) in [6.45, 7) is 0. The largest absolute Gasteiger partial charge is 0.380 e. The predicted octanol–water partition coefficient (Wildman–Crippen LogP) is 5.08. The number of hydrogen-bond donors (Lipinski definition) is 1. The minimum Gasteiger partial charge on any atom is -0.380 e. The van der Waals surface area contributed by atoms with Crippen LogP contribution in [0, 0.1) is 0 Å². The molecule has 3 aromatic rings. The summed E-state index contributed by atoms with van der Waals surface area (Å²) in [7, 11) is 3.94. The van der Waals surface area contributed by atoms with Crippen LogP contribution in [0.4, 0.5) is 17.1 Å². The molecule has 1 N–H and O–H groups in total. The Labute approximate surface area is 158 Å². The first-order valence-corrected chi connectivity index (χ1v) is 8.61. The molecule has 0 saturated carbocycles. The van der Waals surface area contributed by atoms with E-state index in [1.807, 2.05) is 49.3 Å². The van der Waals surface area contributed by atoms with Crippen LogP contribution in [0.25, 0.3) is 0 Å². The Hall–Kier alpha value is -3.31. The third kappa shape index (κ3) is 4.46. The van der Waals surface area contributed by atoms with E-state index in [0.29, 0.717) is 22.5 Å². The van der Waals surface area contributed by atoms with Crippen LogP contribution in [0.5, 0.6) is 0 Å². The third-order valence-corrected chi connectivity index (χ3v) is 4.17. The molecule has 0 spiro atoms. The molecule has 0 radical (unpaired) electrons. The van der Waals surface area contributed by atoms with Gasteiger partial charge in [0.2, 0.25) is 0 Å². The zero-order valence-electron chi connectivity index (χ0n) is 15.3. The second kappa shape index (κ2) is 8.38. The molecule has 0 aromatic heterocycles. The lowest BCUT2D eigenvalue weighted by Gasteiger charge is -2.12. The van der Waals surface area contributed by atoms with Crippen molar-refractivity contribution in [3.8, 4) is 0 Å². The maximum Gasteiger partial charge on any atom is 0.198 e. The van der Waals surface area contributed by atoms with Gasteiger partial charge in [-0.2, -0.15) is 5.11 Å². The van der Waals surface area contributed by atoms with Crippen molar-refractivity contribution >= 4 is 22.8 Å². The van der Waals surface area contributed by atoms with Crippen molar-refractivity contribution in [2.45, 2.75) is 6.10 Å². The number of azo groups is 1. The molecular weight excluding hydrogens is 338 g/mol. The zero-order valence-corrected chi connectivity index (χ0v) is 15.3. The number of benzene rings is 3. The third-order valence-electron chi connectivity index (χ3n) is 4.17. The summed E-state index contributed by atoms with van der Waals surface area (Å²) in [6, 6.07) is 23.4. The van der Waals surface area contributed by atoms with E-state index in [1.165, 1.54) is 0 Å². The summed E-state index contributed by atoms with van der Waals surface area (Å²) < 4.78 is 0. The van der Waals surface area contributed by atoms with Crippen LogP contribution < -0.4 is 4.90 Å². The number of nitrogens with zero attached hydrogens (tertiary/aromatic N) is 3. The van der Waals surface area contributed by atoms with E-state index in [4.69, 9.17) is 0 Å². The first-order valence-electron chi connectivity index (χ1n) is 8.61. The van der Waals surface area contributed by atoms with Gasteiger partial charge in [0.15, 0.2) is 5.78 Å². The van der Waals surface area contributed by atoms with Crippen molar-refractivity contribution in [1.82, 2.24) is 0 Å². The molecule has 0 bridgehead atoms. The number of aliphatic hydroxyl groups excluding tert-OH is 1. The summed E-state index contributed by atoms with van der Waals surface area (Å²) in [6.07, 6.45) is -1.23. The van der Waals surface area contributed by atoms with Crippen molar-refractivity contribution in [3.05, 3.63) is 90.0 Å². The monoisotopic (exact) mass is 359 g/mol. The Morgan fingerprint density at radius 2 is 1.48 bits per heavy atom. The highest BCUT2D eigenvalue weighted by molar-refractivity contribution is 6.03. The van der Waals surface area contributed by atoms with E-state index in [-0.39, 0.29) is 0 Å². The number of carbonyl (C=O) groups is 1. The maximum absolute atomic E-state index is 12.7. The maximum atomic E-state index is 12.7. The topological polar surface area (TPSA) is 65.3 Å². The Morgan fingerprint density at radius 3 is 2.15 bits per heavy atom. The summed E-state index contributed by atoms with van der Waals surface area (Å²) in [5.41, 5.74) is 3.06.